The Hall–Kier alpha value is -3.37. The number of aryl methyl sites for hydroxylation is 1. The summed E-state index contributed by atoms with van der Waals surface area (Å²) >= 11 is 0. The van der Waals surface area contributed by atoms with Crippen LogP contribution >= 0.6 is 0 Å². The molecule has 5 rings (SSSR count). The number of carbonyl (C=O) groups excluding carboxylic acids is 1. The Morgan fingerprint density at radius 3 is 2.69 bits per heavy atom. The molecule has 35 heavy (non-hydrogen) atoms. The fourth-order valence-corrected chi connectivity index (χ4v) is 5.86. The Labute approximate surface area is 204 Å². The lowest BCUT2D eigenvalue weighted by Crippen LogP contribution is -2.40. The number of nitrogens with one attached hydrogen (secondary N) is 1. The highest BCUT2D eigenvalue weighted by molar-refractivity contribution is 5.81. The first-order valence-corrected chi connectivity index (χ1v) is 12.5. The Morgan fingerprint density at radius 2 is 2.00 bits per heavy atom. The highest BCUT2D eigenvalue weighted by atomic mass is 16.5. The van der Waals surface area contributed by atoms with E-state index in [2.05, 4.69) is 11.4 Å². The average Bonchev–Trinajstić information content (AvgIpc) is 3.58. The van der Waals surface area contributed by atoms with Crippen molar-refractivity contribution in [3.05, 3.63) is 58.6 Å². The van der Waals surface area contributed by atoms with Crippen molar-refractivity contribution in [2.24, 2.45) is 17.8 Å². The molecule has 0 aliphatic heterocycles. The summed E-state index contributed by atoms with van der Waals surface area (Å²) in [4.78, 5) is 25.0. The number of nitrogens with zero attached hydrogens (tertiary/aromatic N) is 2. The molecule has 0 saturated heterocycles. The minimum atomic E-state index is -0.531. The first-order valence-electron chi connectivity index (χ1n) is 12.5. The number of hydrogen-bond donors (Lipinski definition) is 1. The number of oxazole rings is 1. The van der Waals surface area contributed by atoms with Crippen molar-refractivity contribution < 1.29 is 13.9 Å². The molecule has 7 nitrogen and oxygen atoms in total. The van der Waals surface area contributed by atoms with E-state index in [4.69, 9.17) is 9.15 Å². The monoisotopic (exact) mass is 473 g/mol. The van der Waals surface area contributed by atoms with Gasteiger partial charge in [0.15, 0.2) is 5.58 Å². The zero-order chi connectivity index (χ0) is 24.4. The van der Waals surface area contributed by atoms with E-state index in [0.29, 0.717) is 37.0 Å². The van der Waals surface area contributed by atoms with E-state index >= 15 is 0 Å². The normalized spacial score (nSPS) is 21.8. The molecule has 2 bridgehead atoms. The number of amides is 1. The molecule has 0 spiro atoms. The van der Waals surface area contributed by atoms with Crippen molar-refractivity contribution in [2.45, 2.75) is 51.1 Å². The molecule has 2 aliphatic carbocycles. The number of ether oxygens (including phenoxy) is 1. The van der Waals surface area contributed by atoms with Crippen LogP contribution in [-0.2, 0) is 22.5 Å². The number of fused-ring (bicyclic) bond motifs is 3. The van der Waals surface area contributed by atoms with E-state index in [0.717, 1.165) is 41.5 Å². The van der Waals surface area contributed by atoms with Crippen molar-refractivity contribution in [1.29, 1.82) is 5.26 Å². The van der Waals surface area contributed by atoms with Gasteiger partial charge in [-0.05, 0) is 66.3 Å². The highest BCUT2D eigenvalue weighted by Crippen LogP contribution is 2.48. The number of benzene rings is 2. The van der Waals surface area contributed by atoms with E-state index in [1.165, 1.54) is 12.8 Å². The van der Waals surface area contributed by atoms with Gasteiger partial charge in [-0.15, -0.1) is 0 Å². The van der Waals surface area contributed by atoms with Crippen LogP contribution in [0.15, 0.2) is 51.7 Å². The molecule has 7 heteroatoms. The molecule has 1 aromatic heterocycles. The predicted octanol–water partition coefficient (Wildman–Crippen LogP) is 4.29. The van der Waals surface area contributed by atoms with Crippen molar-refractivity contribution in [3.8, 4) is 17.2 Å². The van der Waals surface area contributed by atoms with E-state index in [9.17, 15) is 14.9 Å². The lowest BCUT2D eigenvalue weighted by molar-refractivity contribution is -0.126. The molecule has 2 aromatic carbocycles. The zero-order valence-corrected chi connectivity index (χ0v) is 20.0. The van der Waals surface area contributed by atoms with Crippen LogP contribution in [0.2, 0.25) is 0 Å². The maximum absolute atomic E-state index is 12.8. The Kier molecular flexibility index (Phi) is 6.74. The van der Waals surface area contributed by atoms with Crippen LogP contribution in [0, 0.1) is 29.1 Å². The van der Waals surface area contributed by atoms with Gasteiger partial charge in [0.1, 0.15) is 6.04 Å². The second kappa shape index (κ2) is 10.1. The molecule has 0 unspecified atom stereocenters. The van der Waals surface area contributed by atoms with Gasteiger partial charge in [-0.2, -0.15) is 5.26 Å². The first-order chi connectivity index (χ1) is 17.1. The summed E-state index contributed by atoms with van der Waals surface area (Å²) in [6, 6.07) is 15.5. The van der Waals surface area contributed by atoms with Crippen LogP contribution in [0.3, 0.4) is 0 Å². The Morgan fingerprint density at radius 1 is 1.20 bits per heavy atom. The molecule has 2 fully saturated rings. The fraction of sp³-hybridized carbons (Fsp3) is 0.464. The highest BCUT2D eigenvalue weighted by Gasteiger charge is 2.43. The number of aromatic nitrogens is 1. The number of nitriles is 1. The lowest BCUT2D eigenvalue weighted by Gasteiger charge is -2.22. The predicted molar refractivity (Wildman–Crippen MR) is 133 cm³/mol. The maximum atomic E-state index is 12.8. The molecule has 2 aliphatic rings. The molecule has 2 saturated carbocycles. The van der Waals surface area contributed by atoms with Crippen molar-refractivity contribution in [2.75, 3.05) is 13.7 Å². The van der Waals surface area contributed by atoms with Gasteiger partial charge in [-0.1, -0.05) is 36.8 Å². The largest absolute Gasteiger partial charge is 0.419 e. The number of methoxy groups -OCH3 is 1. The third-order valence-corrected chi connectivity index (χ3v) is 7.67. The van der Waals surface area contributed by atoms with Gasteiger partial charge in [-0.3, -0.25) is 9.36 Å². The molecular weight excluding hydrogens is 442 g/mol. The Bertz CT molecular complexity index is 1300. The van der Waals surface area contributed by atoms with Crippen LogP contribution in [0.1, 0.15) is 37.7 Å². The van der Waals surface area contributed by atoms with Gasteiger partial charge in [0.05, 0.1) is 11.6 Å². The van der Waals surface area contributed by atoms with Gasteiger partial charge in [0, 0.05) is 32.6 Å². The standard InChI is InChI=1S/C28H31N3O4/c1-34-12-2-11-31-25-16-21(9-10-26(25)35-28(31)33)20-6-3-18(4-7-20)14-23(17-29)30-27(32)24-15-19-5-8-22(24)13-19/h3-4,6-7,9-10,16,19,22-24H,2,5,8,11-15H2,1H3,(H,30,32)/t19-,22+,23+,24+/m1/s1. The quantitative estimate of drug-likeness (QED) is 0.468. The third-order valence-electron chi connectivity index (χ3n) is 7.67. The van der Waals surface area contributed by atoms with Gasteiger partial charge >= 0.3 is 5.76 Å². The van der Waals surface area contributed by atoms with Crippen molar-refractivity contribution in [1.82, 2.24) is 9.88 Å². The fourth-order valence-electron chi connectivity index (χ4n) is 5.86. The first kappa shape index (κ1) is 23.4. The number of hydrogen-bond acceptors (Lipinski definition) is 5. The van der Waals surface area contributed by atoms with Gasteiger partial charge in [-0.25, -0.2) is 4.79 Å². The second-order valence-electron chi connectivity index (χ2n) is 9.92. The minimum Gasteiger partial charge on any atom is -0.408 e. The SMILES string of the molecule is COCCCn1c(=O)oc2ccc(-c3ccc(C[C@@H](C#N)NC(=O)[C@H]4C[C@@H]5CC[C@H]4C5)cc3)cc21. The molecule has 1 amide bonds. The average molecular weight is 474 g/mol. The summed E-state index contributed by atoms with van der Waals surface area (Å²) in [6.07, 6.45) is 5.75. The summed E-state index contributed by atoms with van der Waals surface area (Å²) in [5.74, 6) is 0.966. The topological polar surface area (TPSA) is 97.3 Å². The van der Waals surface area contributed by atoms with Crippen molar-refractivity contribution in [3.63, 3.8) is 0 Å². The zero-order valence-electron chi connectivity index (χ0n) is 20.0. The van der Waals surface area contributed by atoms with E-state index in [1.807, 2.05) is 42.5 Å². The summed E-state index contributed by atoms with van der Waals surface area (Å²) in [5, 5.41) is 12.6. The summed E-state index contributed by atoms with van der Waals surface area (Å²) in [6.45, 7) is 1.11. The van der Waals surface area contributed by atoms with Crippen LogP contribution in [-0.4, -0.2) is 30.2 Å². The van der Waals surface area contributed by atoms with Crippen LogP contribution < -0.4 is 11.1 Å². The van der Waals surface area contributed by atoms with Crippen LogP contribution in [0.5, 0.6) is 0 Å². The summed E-state index contributed by atoms with van der Waals surface area (Å²) in [5.41, 5.74) is 4.31. The molecule has 182 valence electrons. The van der Waals surface area contributed by atoms with Crippen LogP contribution in [0.25, 0.3) is 22.2 Å². The lowest BCUT2D eigenvalue weighted by atomic mass is 9.88. The molecule has 1 heterocycles. The smallest absolute Gasteiger partial charge is 0.408 e. The van der Waals surface area contributed by atoms with Gasteiger partial charge in [0.25, 0.3) is 0 Å². The molecule has 4 atom stereocenters. The molecular formula is C28H31N3O4. The second-order valence-corrected chi connectivity index (χ2v) is 9.92. The summed E-state index contributed by atoms with van der Waals surface area (Å²) in [7, 11) is 1.64. The van der Waals surface area contributed by atoms with E-state index in [-0.39, 0.29) is 17.6 Å². The van der Waals surface area contributed by atoms with Crippen LogP contribution in [0.4, 0.5) is 0 Å². The molecule has 3 aromatic rings. The molecule has 0 radical (unpaired) electrons. The molecule has 1 N–H and O–H groups in total. The number of carbonyl (C=O) groups is 1. The summed E-state index contributed by atoms with van der Waals surface area (Å²) < 4.78 is 12.1. The van der Waals surface area contributed by atoms with Gasteiger partial charge < -0.3 is 14.5 Å². The minimum absolute atomic E-state index is 0.0466. The van der Waals surface area contributed by atoms with Gasteiger partial charge in [0.2, 0.25) is 5.91 Å². The van der Waals surface area contributed by atoms with E-state index < -0.39 is 6.04 Å². The number of rotatable bonds is 9. The third kappa shape index (κ3) is 4.89. The van der Waals surface area contributed by atoms with E-state index in [1.54, 1.807) is 11.7 Å². The maximum Gasteiger partial charge on any atom is 0.419 e. The Balaban J connectivity index is 1.26. The van der Waals surface area contributed by atoms with Crippen molar-refractivity contribution >= 4 is 17.0 Å².